The number of hydrogen-bond donors (Lipinski definition) is 0. The number of hydrogen-bond acceptors (Lipinski definition) is 3. The minimum Gasteiger partial charge on any atom is -0.338 e. The summed E-state index contributed by atoms with van der Waals surface area (Å²) in [5.41, 5.74) is -0.575. The first-order chi connectivity index (χ1) is 12.2. The predicted molar refractivity (Wildman–Crippen MR) is 98.8 cm³/mol. The van der Waals surface area contributed by atoms with Gasteiger partial charge in [-0.15, -0.1) is 11.3 Å². The van der Waals surface area contributed by atoms with E-state index in [9.17, 15) is 9.59 Å². The summed E-state index contributed by atoms with van der Waals surface area (Å²) < 4.78 is 1.13. The van der Waals surface area contributed by atoms with Gasteiger partial charge in [-0.2, -0.15) is 0 Å². The van der Waals surface area contributed by atoms with Gasteiger partial charge in [-0.25, -0.2) is 0 Å². The Balaban J connectivity index is 1.49. The summed E-state index contributed by atoms with van der Waals surface area (Å²) >= 11 is 1.54. The first-order valence-corrected chi connectivity index (χ1v) is 10.1. The zero-order chi connectivity index (χ0) is 17.0. The fourth-order valence-electron chi connectivity index (χ4n) is 4.63. The van der Waals surface area contributed by atoms with E-state index in [2.05, 4.69) is 11.0 Å². The van der Waals surface area contributed by atoms with Crippen molar-refractivity contribution in [3.63, 3.8) is 0 Å². The smallest absolute Gasteiger partial charge is 0.264 e. The molecule has 2 aromatic rings. The average Bonchev–Trinajstić information content (AvgIpc) is 3.23. The van der Waals surface area contributed by atoms with Crippen molar-refractivity contribution in [1.29, 1.82) is 0 Å². The molecule has 1 aliphatic carbocycles. The van der Waals surface area contributed by atoms with E-state index in [1.165, 1.54) is 0 Å². The van der Waals surface area contributed by atoms with Gasteiger partial charge in [0, 0.05) is 23.8 Å². The predicted octanol–water partition coefficient (Wildman–Crippen LogP) is 3.66. The third-order valence-electron chi connectivity index (χ3n) is 6.01. The Hall–Kier alpha value is -1.88. The maximum atomic E-state index is 13.3. The molecule has 2 amide bonds. The summed E-state index contributed by atoms with van der Waals surface area (Å²) in [4.78, 5) is 31.3. The van der Waals surface area contributed by atoms with E-state index in [-0.39, 0.29) is 11.8 Å². The fourth-order valence-corrected chi connectivity index (χ4v) is 5.64. The van der Waals surface area contributed by atoms with Crippen LogP contribution in [-0.4, -0.2) is 46.3 Å². The van der Waals surface area contributed by atoms with Crippen LogP contribution in [0, 0.1) is 0 Å². The second-order valence-corrected chi connectivity index (χ2v) is 8.66. The van der Waals surface area contributed by atoms with Gasteiger partial charge in [-0.05, 0) is 56.0 Å². The highest BCUT2D eigenvalue weighted by Gasteiger charge is 2.54. The third-order valence-corrected chi connectivity index (χ3v) is 7.11. The highest BCUT2D eigenvalue weighted by Crippen LogP contribution is 2.43. The number of piperidine rings is 1. The minimum absolute atomic E-state index is 0.0460. The number of benzene rings is 1. The number of carbonyl (C=O) groups is 2. The van der Waals surface area contributed by atoms with Gasteiger partial charge >= 0.3 is 0 Å². The lowest BCUT2D eigenvalue weighted by molar-refractivity contribution is -0.146. The Labute approximate surface area is 151 Å². The van der Waals surface area contributed by atoms with Crippen molar-refractivity contribution in [3.05, 3.63) is 35.2 Å². The van der Waals surface area contributed by atoms with Gasteiger partial charge in [-0.1, -0.05) is 18.2 Å². The number of likely N-dealkylation sites (tertiary alicyclic amines) is 2. The van der Waals surface area contributed by atoms with E-state index in [4.69, 9.17) is 0 Å². The molecular formula is C20H22N2O2S. The van der Waals surface area contributed by atoms with Gasteiger partial charge in [0.15, 0.2) is 0 Å². The SMILES string of the molecule is O=C(c1cc2ccccc2s1)N1CCCC12CCCN(C1CC1)C2=O. The standard InChI is InChI=1S/C20H22N2O2S/c23-18(17-13-14-5-1-2-6-16(14)25-17)22-12-4-10-20(22)9-3-11-21(19(20)24)15-7-8-15/h1-2,5-6,13,15H,3-4,7-12H2. The molecule has 130 valence electrons. The Morgan fingerprint density at radius 2 is 1.88 bits per heavy atom. The molecule has 1 aromatic carbocycles. The van der Waals surface area contributed by atoms with Gasteiger partial charge in [0.25, 0.3) is 5.91 Å². The number of carbonyl (C=O) groups excluding carboxylic acids is 2. The molecule has 1 saturated carbocycles. The van der Waals surface area contributed by atoms with Crippen molar-refractivity contribution < 1.29 is 9.59 Å². The second kappa shape index (κ2) is 5.56. The van der Waals surface area contributed by atoms with Crippen LogP contribution in [0.1, 0.15) is 48.2 Å². The van der Waals surface area contributed by atoms with Crippen LogP contribution in [-0.2, 0) is 4.79 Å². The van der Waals surface area contributed by atoms with Crippen molar-refractivity contribution in [2.24, 2.45) is 0 Å². The van der Waals surface area contributed by atoms with E-state index in [1.54, 1.807) is 11.3 Å². The van der Waals surface area contributed by atoms with E-state index < -0.39 is 5.54 Å². The molecule has 0 bridgehead atoms. The average molecular weight is 354 g/mol. The first-order valence-electron chi connectivity index (χ1n) is 9.31. The molecule has 1 spiro atoms. The molecule has 25 heavy (non-hydrogen) atoms. The maximum Gasteiger partial charge on any atom is 0.264 e. The number of thiophene rings is 1. The molecule has 3 fully saturated rings. The number of amides is 2. The van der Waals surface area contributed by atoms with Crippen LogP contribution < -0.4 is 0 Å². The van der Waals surface area contributed by atoms with Crippen LogP contribution in [0.4, 0.5) is 0 Å². The number of nitrogens with zero attached hydrogens (tertiary/aromatic N) is 2. The van der Waals surface area contributed by atoms with E-state index >= 15 is 0 Å². The van der Waals surface area contributed by atoms with Crippen LogP contribution in [0.15, 0.2) is 30.3 Å². The van der Waals surface area contributed by atoms with Gasteiger partial charge < -0.3 is 9.80 Å². The maximum absolute atomic E-state index is 13.3. The molecule has 2 saturated heterocycles. The molecule has 5 rings (SSSR count). The van der Waals surface area contributed by atoms with Crippen molar-refractivity contribution in [2.45, 2.75) is 50.1 Å². The largest absolute Gasteiger partial charge is 0.338 e. The molecule has 3 aliphatic rings. The van der Waals surface area contributed by atoms with Crippen LogP contribution in [0.3, 0.4) is 0 Å². The molecule has 2 aliphatic heterocycles. The number of fused-ring (bicyclic) bond motifs is 1. The normalized spacial score (nSPS) is 26.8. The van der Waals surface area contributed by atoms with E-state index in [0.29, 0.717) is 12.6 Å². The van der Waals surface area contributed by atoms with Gasteiger partial charge in [0.1, 0.15) is 5.54 Å². The summed E-state index contributed by atoms with van der Waals surface area (Å²) in [7, 11) is 0. The minimum atomic E-state index is -0.575. The zero-order valence-electron chi connectivity index (χ0n) is 14.2. The quantitative estimate of drug-likeness (QED) is 0.826. The van der Waals surface area contributed by atoms with Crippen LogP contribution in [0.5, 0.6) is 0 Å². The van der Waals surface area contributed by atoms with Gasteiger partial charge in [0.2, 0.25) is 5.91 Å². The summed E-state index contributed by atoms with van der Waals surface area (Å²) in [5.74, 6) is 0.262. The lowest BCUT2D eigenvalue weighted by Gasteiger charge is -2.44. The molecule has 5 heteroatoms. The van der Waals surface area contributed by atoms with Crippen molar-refractivity contribution in [1.82, 2.24) is 9.80 Å². The Morgan fingerprint density at radius 1 is 1.12 bits per heavy atom. The van der Waals surface area contributed by atoms with Crippen molar-refractivity contribution >= 4 is 33.2 Å². The van der Waals surface area contributed by atoms with Crippen LogP contribution in [0.2, 0.25) is 0 Å². The van der Waals surface area contributed by atoms with Crippen LogP contribution >= 0.6 is 11.3 Å². The Morgan fingerprint density at radius 3 is 2.64 bits per heavy atom. The Bertz CT molecular complexity index is 823. The number of rotatable bonds is 2. The van der Waals surface area contributed by atoms with Crippen molar-refractivity contribution in [2.75, 3.05) is 13.1 Å². The molecule has 1 aromatic heterocycles. The summed E-state index contributed by atoms with van der Waals surface area (Å²) in [6.07, 6.45) is 5.86. The van der Waals surface area contributed by atoms with Gasteiger partial charge in [0.05, 0.1) is 4.88 Å². The summed E-state index contributed by atoms with van der Waals surface area (Å²) in [5, 5.41) is 1.11. The highest BCUT2D eigenvalue weighted by molar-refractivity contribution is 7.20. The molecule has 1 unspecified atom stereocenters. The summed E-state index contributed by atoms with van der Waals surface area (Å²) in [6.45, 7) is 1.58. The lowest BCUT2D eigenvalue weighted by Crippen LogP contribution is -2.61. The van der Waals surface area contributed by atoms with Crippen LogP contribution in [0.25, 0.3) is 10.1 Å². The van der Waals surface area contributed by atoms with E-state index in [1.807, 2.05) is 29.2 Å². The fraction of sp³-hybridized carbons (Fsp3) is 0.500. The van der Waals surface area contributed by atoms with E-state index in [0.717, 1.165) is 60.0 Å². The monoisotopic (exact) mass is 354 g/mol. The Kier molecular flexibility index (Phi) is 3.42. The highest BCUT2D eigenvalue weighted by atomic mass is 32.1. The van der Waals surface area contributed by atoms with Gasteiger partial charge in [-0.3, -0.25) is 9.59 Å². The molecular weight excluding hydrogens is 332 g/mol. The lowest BCUT2D eigenvalue weighted by atomic mass is 9.85. The molecule has 0 N–H and O–H groups in total. The molecule has 0 radical (unpaired) electrons. The zero-order valence-corrected chi connectivity index (χ0v) is 15.1. The third kappa shape index (κ3) is 2.32. The first kappa shape index (κ1) is 15.4. The molecule has 4 nitrogen and oxygen atoms in total. The topological polar surface area (TPSA) is 40.6 Å². The molecule has 3 heterocycles. The molecule has 1 atom stereocenters. The summed E-state index contributed by atoms with van der Waals surface area (Å²) in [6, 6.07) is 10.5. The second-order valence-electron chi connectivity index (χ2n) is 7.57. The van der Waals surface area contributed by atoms with Crippen molar-refractivity contribution in [3.8, 4) is 0 Å².